The SMILES string of the molecule is C[C@H]1C[C@@H]([N])NC1Cc1ccccc1. The Kier molecular flexibility index (Phi) is 2.85. The highest BCUT2D eigenvalue weighted by Gasteiger charge is 2.28. The average molecular weight is 188 g/mol. The Bertz CT molecular complexity index is 284. The molecule has 0 saturated carbocycles. The van der Waals surface area contributed by atoms with Gasteiger partial charge in [0.05, 0.1) is 6.17 Å². The summed E-state index contributed by atoms with van der Waals surface area (Å²) in [7, 11) is 0. The molecule has 74 valence electrons. The fraction of sp³-hybridized carbons (Fsp3) is 0.500. The number of nitrogens with zero attached hydrogens (tertiary/aromatic N) is 1. The van der Waals surface area contributed by atoms with Gasteiger partial charge >= 0.3 is 0 Å². The zero-order valence-electron chi connectivity index (χ0n) is 8.48. The molecule has 2 nitrogen and oxygen atoms in total. The summed E-state index contributed by atoms with van der Waals surface area (Å²) in [5.41, 5.74) is 10.8. The fourth-order valence-electron chi connectivity index (χ4n) is 2.12. The number of hydrogen-bond donors (Lipinski definition) is 1. The summed E-state index contributed by atoms with van der Waals surface area (Å²) in [6.07, 6.45) is 1.58. The smallest absolute Gasteiger partial charge is 0.0931 e. The van der Waals surface area contributed by atoms with Gasteiger partial charge < -0.3 is 0 Å². The normalized spacial score (nSPS) is 32.0. The van der Waals surface area contributed by atoms with Crippen molar-refractivity contribution in [2.75, 3.05) is 0 Å². The van der Waals surface area contributed by atoms with Gasteiger partial charge in [-0.05, 0) is 24.3 Å². The van der Waals surface area contributed by atoms with Crippen LogP contribution in [0.15, 0.2) is 30.3 Å². The standard InChI is InChI=1S/C12H16N2/c1-9-7-12(13)14-11(9)8-10-5-3-2-4-6-10/h2-6,9,11-12,14H,7-8H2,1H3/t9-,11?,12-/m0/s1. The highest BCUT2D eigenvalue weighted by Crippen LogP contribution is 2.21. The maximum absolute atomic E-state index is 9.44. The minimum Gasteiger partial charge on any atom is -0.296 e. The van der Waals surface area contributed by atoms with Crippen LogP contribution in [-0.4, -0.2) is 12.2 Å². The van der Waals surface area contributed by atoms with E-state index in [1.165, 1.54) is 5.56 Å². The molecule has 3 atom stereocenters. The van der Waals surface area contributed by atoms with Crippen LogP contribution in [0, 0.1) is 5.92 Å². The molecule has 1 saturated heterocycles. The third kappa shape index (κ3) is 2.14. The molecule has 0 aliphatic carbocycles. The largest absolute Gasteiger partial charge is 0.296 e. The van der Waals surface area contributed by atoms with E-state index in [4.69, 9.17) is 0 Å². The number of rotatable bonds is 2. The Morgan fingerprint density at radius 1 is 1.36 bits per heavy atom. The van der Waals surface area contributed by atoms with E-state index in [1.54, 1.807) is 0 Å². The lowest BCUT2D eigenvalue weighted by molar-refractivity contribution is 0.476. The molecular formula is C12H16N2. The molecule has 1 aliphatic heterocycles. The summed E-state index contributed by atoms with van der Waals surface area (Å²) in [5.74, 6) is 0.560. The van der Waals surface area contributed by atoms with Gasteiger partial charge in [0.15, 0.2) is 0 Å². The van der Waals surface area contributed by atoms with Crippen LogP contribution in [0.2, 0.25) is 0 Å². The number of hydrogen-bond acceptors (Lipinski definition) is 1. The lowest BCUT2D eigenvalue weighted by atomic mass is 9.96. The molecule has 1 fully saturated rings. The molecule has 1 aromatic rings. The fourth-order valence-corrected chi connectivity index (χ4v) is 2.12. The molecule has 1 unspecified atom stereocenters. The van der Waals surface area contributed by atoms with E-state index in [9.17, 15) is 5.73 Å². The predicted molar refractivity (Wildman–Crippen MR) is 56.8 cm³/mol. The molecule has 14 heavy (non-hydrogen) atoms. The third-order valence-electron chi connectivity index (χ3n) is 2.99. The molecule has 0 bridgehead atoms. The lowest BCUT2D eigenvalue weighted by Crippen LogP contribution is -2.33. The Morgan fingerprint density at radius 2 is 2.07 bits per heavy atom. The maximum Gasteiger partial charge on any atom is 0.0931 e. The second-order valence-corrected chi connectivity index (χ2v) is 4.19. The zero-order chi connectivity index (χ0) is 9.97. The van der Waals surface area contributed by atoms with Crippen molar-refractivity contribution < 1.29 is 0 Å². The van der Waals surface area contributed by atoms with Crippen LogP contribution in [0.1, 0.15) is 18.9 Å². The van der Waals surface area contributed by atoms with Crippen molar-refractivity contribution in [1.82, 2.24) is 11.1 Å². The molecule has 0 amide bonds. The summed E-state index contributed by atoms with van der Waals surface area (Å²) in [4.78, 5) is 0. The van der Waals surface area contributed by atoms with Crippen LogP contribution in [0.3, 0.4) is 0 Å². The molecule has 1 heterocycles. The highest BCUT2D eigenvalue weighted by atomic mass is 15.1. The van der Waals surface area contributed by atoms with Crippen molar-refractivity contribution in [3.05, 3.63) is 35.9 Å². The van der Waals surface area contributed by atoms with Gasteiger partial charge in [-0.2, -0.15) is 0 Å². The minimum atomic E-state index is -0.307. The molecule has 1 aliphatic rings. The van der Waals surface area contributed by atoms with Crippen LogP contribution in [0.5, 0.6) is 0 Å². The molecule has 1 N–H and O–H groups in total. The van der Waals surface area contributed by atoms with E-state index < -0.39 is 0 Å². The molecule has 2 radical (unpaired) electrons. The first-order valence-electron chi connectivity index (χ1n) is 5.24. The van der Waals surface area contributed by atoms with Gasteiger partial charge in [-0.3, -0.25) is 5.32 Å². The summed E-state index contributed by atoms with van der Waals surface area (Å²) in [6.45, 7) is 2.19. The van der Waals surface area contributed by atoms with Gasteiger partial charge in [-0.25, -0.2) is 0 Å². The Balaban J connectivity index is 1.98. The third-order valence-corrected chi connectivity index (χ3v) is 2.99. The second kappa shape index (κ2) is 4.11. The molecule has 0 spiro atoms. The van der Waals surface area contributed by atoms with Gasteiger partial charge in [0.1, 0.15) is 0 Å². The van der Waals surface area contributed by atoms with Crippen LogP contribution >= 0.6 is 0 Å². The summed E-state index contributed by atoms with van der Waals surface area (Å²) < 4.78 is 0. The monoisotopic (exact) mass is 188 g/mol. The molecule has 0 aromatic heterocycles. The van der Waals surface area contributed by atoms with Crippen LogP contribution < -0.4 is 11.1 Å². The van der Waals surface area contributed by atoms with Crippen molar-refractivity contribution in [3.63, 3.8) is 0 Å². The first-order valence-corrected chi connectivity index (χ1v) is 5.24. The van der Waals surface area contributed by atoms with E-state index in [-0.39, 0.29) is 6.17 Å². The van der Waals surface area contributed by atoms with E-state index in [0.717, 1.165) is 12.8 Å². The molecule has 1 aromatic carbocycles. The quantitative estimate of drug-likeness (QED) is 0.752. The zero-order valence-corrected chi connectivity index (χ0v) is 8.48. The lowest BCUT2D eigenvalue weighted by Gasteiger charge is -2.15. The van der Waals surface area contributed by atoms with Crippen LogP contribution in [0.4, 0.5) is 0 Å². The Morgan fingerprint density at radius 3 is 2.64 bits per heavy atom. The van der Waals surface area contributed by atoms with Gasteiger partial charge in [-0.15, -0.1) is 5.73 Å². The van der Waals surface area contributed by atoms with Gasteiger partial charge in [-0.1, -0.05) is 37.3 Å². The van der Waals surface area contributed by atoms with Gasteiger partial charge in [0.25, 0.3) is 0 Å². The van der Waals surface area contributed by atoms with Crippen molar-refractivity contribution in [3.8, 4) is 0 Å². The van der Waals surface area contributed by atoms with Gasteiger partial charge in [0.2, 0.25) is 0 Å². The van der Waals surface area contributed by atoms with Crippen LogP contribution in [0.25, 0.3) is 0 Å². The van der Waals surface area contributed by atoms with E-state index in [1.807, 2.05) is 6.07 Å². The summed E-state index contributed by atoms with van der Waals surface area (Å²) >= 11 is 0. The van der Waals surface area contributed by atoms with Crippen molar-refractivity contribution in [2.24, 2.45) is 5.92 Å². The maximum atomic E-state index is 9.44. The van der Waals surface area contributed by atoms with Crippen LogP contribution in [-0.2, 0) is 6.42 Å². The second-order valence-electron chi connectivity index (χ2n) is 4.19. The topological polar surface area (TPSA) is 34.3 Å². The van der Waals surface area contributed by atoms with E-state index in [2.05, 4.69) is 36.5 Å². The molecule has 2 rings (SSSR count). The Labute approximate surface area is 85.5 Å². The molecular weight excluding hydrogens is 172 g/mol. The average Bonchev–Trinajstić information content (AvgIpc) is 2.47. The highest BCUT2D eigenvalue weighted by molar-refractivity contribution is 5.16. The summed E-state index contributed by atoms with van der Waals surface area (Å²) in [6, 6.07) is 10.9. The molecule has 2 heteroatoms. The van der Waals surface area contributed by atoms with Gasteiger partial charge in [0, 0.05) is 6.04 Å². The minimum absolute atomic E-state index is 0.307. The predicted octanol–water partition coefficient (Wildman–Crippen LogP) is 1.62. The number of nitrogens with one attached hydrogen (secondary N) is 1. The van der Waals surface area contributed by atoms with Crippen molar-refractivity contribution >= 4 is 0 Å². The van der Waals surface area contributed by atoms with Crippen molar-refractivity contribution in [2.45, 2.75) is 32.0 Å². The first kappa shape index (κ1) is 9.69. The van der Waals surface area contributed by atoms with E-state index in [0.29, 0.717) is 12.0 Å². The first-order chi connectivity index (χ1) is 6.75. The van der Waals surface area contributed by atoms with E-state index >= 15 is 0 Å². The number of benzene rings is 1. The summed E-state index contributed by atoms with van der Waals surface area (Å²) in [5, 5.41) is 3.21. The van der Waals surface area contributed by atoms with Crippen molar-refractivity contribution in [1.29, 1.82) is 0 Å². The Hall–Kier alpha value is -0.860.